The maximum atomic E-state index is 6.16. The van der Waals surface area contributed by atoms with Crippen molar-refractivity contribution in [3.63, 3.8) is 0 Å². The Morgan fingerprint density at radius 3 is 2.71 bits per heavy atom. The SMILES string of the molecule is COc1ccc(C2(Cn3cnc(N)c4nc(SC5=COC(c6ccccc6Br)O5)nc3-4)CC2)cc1. The van der Waals surface area contributed by atoms with E-state index in [1.807, 2.05) is 41.0 Å². The first kappa shape index (κ1) is 22.2. The zero-order valence-electron chi connectivity index (χ0n) is 18.8. The lowest BCUT2D eigenvalue weighted by Gasteiger charge is -2.20. The highest BCUT2D eigenvalue weighted by Gasteiger charge is 2.45. The van der Waals surface area contributed by atoms with Crippen LogP contribution in [0.15, 0.2) is 75.8 Å². The molecule has 8 nitrogen and oxygen atoms in total. The van der Waals surface area contributed by atoms with Crippen LogP contribution in [0.3, 0.4) is 0 Å². The third-order valence-corrected chi connectivity index (χ3v) is 7.84. The molecule has 0 spiro atoms. The first-order chi connectivity index (χ1) is 17.0. The Balaban J connectivity index is 1.22. The fraction of sp³-hybridized carbons (Fsp3) is 0.240. The van der Waals surface area contributed by atoms with Gasteiger partial charge in [0, 0.05) is 22.0 Å². The summed E-state index contributed by atoms with van der Waals surface area (Å²) < 4.78 is 20.0. The summed E-state index contributed by atoms with van der Waals surface area (Å²) in [6, 6.07) is 16.1. The molecule has 1 aliphatic carbocycles. The number of anilines is 1. The van der Waals surface area contributed by atoms with Gasteiger partial charge in [-0.2, -0.15) is 0 Å². The monoisotopic (exact) mass is 551 g/mol. The van der Waals surface area contributed by atoms with Crippen molar-refractivity contribution in [1.82, 2.24) is 19.5 Å². The van der Waals surface area contributed by atoms with E-state index in [-0.39, 0.29) is 5.41 Å². The van der Waals surface area contributed by atoms with Gasteiger partial charge in [0.05, 0.1) is 13.4 Å². The van der Waals surface area contributed by atoms with Gasteiger partial charge in [-0.05, 0) is 48.4 Å². The maximum absolute atomic E-state index is 6.16. The molecule has 2 aromatic rings. The lowest BCUT2D eigenvalue weighted by atomic mass is 9.95. The van der Waals surface area contributed by atoms with E-state index in [0.717, 1.165) is 35.2 Å². The van der Waals surface area contributed by atoms with Crippen LogP contribution in [-0.4, -0.2) is 26.6 Å². The second-order valence-electron chi connectivity index (χ2n) is 8.59. The molecule has 1 unspecified atom stereocenters. The summed E-state index contributed by atoms with van der Waals surface area (Å²) in [5.74, 6) is 1.92. The predicted octanol–water partition coefficient (Wildman–Crippen LogP) is 5.50. The maximum Gasteiger partial charge on any atom is 0.268 e. The minimum Gasteiger partial charge on any atom is -0.497 e. The number of benzene rings is 2. The van der Waals surface area contributed by atoms with Crippen molar-refractivity contribution in [2.24, 2.45) is 0 Å². The highest BCUT2D eigenvalue weighted by Crippen LogP contribution is 2.50. The standard InChI is InChI=1S/C25H22BrN5O3S/c1-32-16-8-6-15(7-9-16)25(10-11-25)13-31-14-28-21(27)20-22(31)30-24(29-20)35-19-12-33-23(34-19)17-4-2-3-5-18(17)26/h2-9,12,14,23H,10-11,13,27H2,1H3. The van der Waals surface area contributed by atoms with Gasteiger partial charge >= 0.3 is 0 Å². The number of rotatable bonds is 7. The average Bonchev–Trinajstić information content (AvgIpc) is 3.29. The first-order valence-electron chi connectivity index (χ1n) is 11.1. The van der Waals surface area contributed by atoms with E-state index in [9.17, 15) is 0 Å². The topological polar surface area (TPSA) is 97.3 Å². The molecule has 0 bridgehead atoms. The van der Waals surface area contributed by atoms with E-state index < -0.39 is 6.29 Å². The number of methoxy groups -OCH3 is 1. The second kappa shape index (κ2) is 8.76. The fourth-order valence-corrected chi connectivity index (χ4v) is 5.43. The van der Waals surface area contributed by atoms with Crippen molar-refractivity contribution in [2.45, 2.75) is 36.2 Å². The predicted molar refractivity (Wildman–Crippen MR) is 136 cm³/mol. The van der Waals surface area contributed by atoms with Crippen molar-refractivity contribution in [3.8, 4) is 17.3 Å². The van der Waals surface area contributed by atoms with Crippen molar-refractivity contribution in [1.29, 1.82) is 0 Å². The molecule has 178 valence electrons. The summed E-state index contributed by atoms with van der Waals surface area (Å²) in [5.41, 5.74) is 8.99. The average molecular weight is 552 g/mol. The van der Waals surface area contributed by atoms with E-state index in [0.29, 0.717) is 27.6 Å². The highest BCUT2D eigenvalue weighted by atomic mass is 79.9. The smallest absolute Gasteiger partial charge is 0.268 e. The van der Waals surface area contributed by atoms with E-state index in [4.69, 9.17) is 24.9 Å². The van der Waals surface area contributed by atoms with Gasteiger partial charge in [0.15, 0.2) is 22.5 Å². The van der Waals surface area contributed by atoms with Crippen molar-refractivity contribution in [2.75, 3.05) is 12.8 Å². The van der Waals surface area contributed by atoms with Gasteiger partial charge in [0.1, 0.15) is 12.0 Å². The van der Waals surface area contributed by atoms with Gasteiger partial charge in [0.2, 0.25) is 5.09 Å². The number of aromatic nitrogens is 4. The molecule has 10 heteroatoms. The van der Waals surface area contributed by atoms with Gasteiger partial charge in [-0.3, -0.25) is 0 Å². The number of hydrogen-bond acceptors (Lipinski definition) is 8. The molecular formula is C25H22BrN5O3S. The van der Waals surface area contributed by atoms with Crippen molar-refractivity contribution in [3.05, 3.63) is 81.8 Å². The van der Waals surface area contributed by atoms with Crippen LogP contribution < -0.4 is 10.5 Å². The molecule has 3 heterocycles. The number of hydrogen-bond donors (Lipinski definition) is 1. The van der Waals surface area contributed by atoms with Crippen LogP contribution in [0, 0.1) is 0 Å². The Labute approximate surface area is 215 Å². The third kappa shape index (κ3) is 4.21. The van der Waals surface area contributed by atoms with Gasteiger partial charge in [0.25, 0.3) is 6.29 Å². The van der Waals surface area contributed by atoms with Crippen molar-refractivity contribution < 1.29 is 14.2 Å². The zero-order chi connectivity index (χ0) is 24.0. The van der Waals surface area contributed by atoms with E-state index in [1.165, 1.54) is 17.3 Å². The molecule has 1 saturated carbocycles. The largest absolute Gasteiger partial charge is 0.497 e. The number of halogens is 1. The Bertz CT molecular complexity index is 1390. The highest BCUT2D eigenvalue weighted by molar-refractivity contribution is 9.10. The fourth-order valence-electron chi connectivity index (χ4n) is 4.27. The number of thioether (sulfide) groups is 1. The Kier molecular flexibility index (Phi) is 5.57. The zero-order valence-corrected chi connectivity index (χ0v) is 21.3. The first-order valence-corrected chi connectivity index (χ1v) is 12.7. The van der Waals surface area contributed by atoms with Crippen LogP contribution in [0.1, 0.15) is 30.3 Å². The molecule has 4 aliphatic rings. The lowest BCUT2D eigenvalue weighted by molar-refractivity contribution is -0.0278. The number of ether oxygens (including phenoxy) is 3. The summed E-state index contributed by atoms with van der Waals surface area (Å²) in [6.45, 7) is 0.748. The molecule has 0 aromatic heterocycles. The third-order valence-electron chi connectivity index (χ3n) is 6.36. The summed E-state index contributed by atoms with van der Waals surface area (Å²) in [6.07, 6.45) is 5.02. The summed E-state index contributed by atoms with van der Waals surface area (Å²) >= 11 is 4.84. The molecular weight excluding hydrogens is 530 g/mol. The summed E-state index contributed by atoms with van der Waals surface area (Å²) in [7, 11) is 1.68. The normalized spacial score (nSPS) is 18.1. The van der Waals surface area contributed by atoms with E-state index in [2.05, 4.69) is 38.0 Å². The minimum absolute atomic E-state index is 0.0507. The number of fused-ring (bicyclic) bond motifs is 1. The van der Waals surface area contributed by atoms with Gasteiger partial charge < -0.3 is 24.5 Å². The number of nitrogens with zero attached hydrogens (tertiary/aromatic N) is 4. The number of imidazole rings is 1. The van der Waals surface area contributed by atoms with E-state index in [1.54, 1.807) is 19.7 Å². The Morgan fingerprint density at radius 2 is 1.97 bits per heavy atom. The molecule has 1 fully saturated rings. The Morgan fingerprint density at radius 1 is 1.17 bits per heavy atom. The van der Waals surface area contributed by atoms with Gasteiger partial charge in [-0.15, -0.1) is 0 Å². The number of nitrogen functional groups attached to an aromatic ring is 1. The molecule has 0 saturated heterocycles. The molecule has 1 atom stereocenters. The summed E-state index contributed by atoms with van der Waals surface area (Å²) in [4.78, 5) is 13.8. The van der Waals surface area contributed by atoms with Crippen LogP contribution in [0.4, 0.5) is 5.82 Å². The molecule has 3 aliphatic heterocycles. The Hall–Kier alpha value is -3.24. The molecule has 6 rings (SSSR count). The van der Waals surface area contributed by atoms with Crippen LogP contribution >= 0.6 is 27.7 Å². The van der Waals surface area contributed by atoms with Crippen molar-refractivity contribution >= 4 is 33.5 Å². The van der Waals surface area contributed by atoms with E-state index >= 15 is 0 Å². The minimum atomic E-state index is -0.520. The number of nitrogens with two attached hydrogens (primary N) is 1. The van der Waals surface area contributed by atoms with Crippen LogP contribution in [0.5, 0.6) is 5.75 Å². The molecule has 0 radical (unpaired) electrons. The van der Waals surface area contributed by atoms with Crippen LogP contribution in [-0.2, 0) is 21.4 Å². The van der Waals surface area contributed by atoms with Gasteiger partial charge in [-0.25, -0.2) is 15.0 Å². The summed E-state index contributed by atoms with van der Waals surface area (Å²) in [5, 5.41) is 1.11. The van der Waals surface area contributed by atoms with Gasteiger partial charge in [-0.1, -0.05) is 46.3 Å². The second-order valence-corrected chi connectivity index (χ2v) is 10.4. The molecule has 2 aromatic carbocycles. The van der Waals surface area contributed by atoms with Crippen LogP contribution in [0.2, 0.25) is 0 Å². The molecule has 2 N–H and O–H groups in total. The quantitative estimate of drug-likeness (QED) is 0.321. The molecule has 35 heavy (non-hydrogen) atoms. The lowest BCUT2D eigenvalue weighted by Crippen LogP contribution is -2.19. The molecule has 0 amide bonds. The van der Waals surface area contributed by atoms with Crippen LogP contribution in [0.25, 0.3) is 11.5 Å².